The predicted molar refractivity (Wildman–Crippen MR) is 64.9 cm³/mol. The van der Waals surface area contributed by atoms with Crippen LogP contribution < -0.4 is 5.73 Å². The summed E-state index contributed by atoms with van der Waals surface area (Å²) in [5, 5.41) is 3.62. The van der Waals surface area contributed by atoms with Gasteiger partial charge in [-0.05, 0) is 6.92 Å². The highest BCUT2D eigenvalue weighted by Crippen LogP contribution is 2.02. The molecule has 0 aliphatic carbocycles. The molecule has 3 nitrogen and oxygen atoms in total. The zero-order chi connectivity index (χ0) is 11.7. The number of nitrogens with zero attached hydrogens (tertiary/aromatic N) is 1. The van der Waals surface area contributed by atoms with Crippen molar-refractivity contribution in [2.45, 2.75) is 27.2 Å². The third-order valence-corrected chi connectivity index (χ3v) is 1.54. The minimum atomic E-state index is 0.400. The maximum atomic E-state index is 5.58. The zero-order valence-corrected chi connectivity index (χ0v) is 9.95. The van der Waals surface area contributed by atoms with Gasteiger partial charge in [0, 0.05) is 5.56 Å². The van der Waals surface area contributed by atoms with E-state index in [4.69, 9.17) is 5.73 Å². The normalized spacial score (nSPS) is 10.3. The minimum Gasteiger partial charge on any atom is -0.397 e. The van der Waals surface area contributed by atoms with Crippen LogP contribution in [0.4, 0.5) is 0 Å². The fourth-order valence-electron chi connectivity index (χ4n) is 0.875. The standard InChI is InChI=1S/C9H12N2O.C3H8/c1-7-3-5-8(6-4-7)9(10)11-12-2;1-3-2/h3-6H,1-2H3,(H2,10,11);3H2,1-2H3. The van der Waals surface area contributed by atoms with Crippen molar-refractivity contribution in [1.82, 2.24) is 0 Å². The van der Waals surface area contributed by atoms with Crippen LogP contribution in [-0.4, -0.2) is 12.9 Å². The number of nitrogens with two attached hydrogens (primary N) is 1. The van der Waals surface area contributed by atoms with Gasteiger partial charge in [0.15, 0.2) is 5.84 Å². The lowest BCUT2D eigenvalue weighted by atomic mass is 10.1. The molecule has 0 atom stereocenters. The van der Waals surface area contributed by atoms with Crippen molar-refractivity contribution in [2.75, 3.05) is 7.11 Å². The van der Waals surface area contributed by atoms with E-state index >= 15 is 0 Å². The Labute approximate surface area is 91.9 Å². The molecule has 0 heterocycles. The summed E-state index contributed by atoms with van der Waals surface area (Å²) in [6.45, 7) is 6.27. The quantitative estimate of drug-likeness (QED) is 0.461. The molecule has 0 spiro atoms. The topological polar surface area (TPSA) is 47.6 Å². The number of hydrogen-bond acceptors (Lipinski definition) is 2. The molecule has 3 heteroatoms. The van der Waals surface area contributed by atoms with E-state index in [9.17, 15) is 0 Å². The highest BCUT2D eigenvalue weighted by molar-refractivity contribution is 5.97. The molecule has 84 valence electrons. The van der Waals surface area contributed by atoms with Gasteiger partial charge in [-0.25, -0.2) is 0 Å². The molecule has 1 rings (SSSR count). The first-order valence-corrected chi connectivity index (χ1v) is 5.09. The molecule has 0 amide bonds. The summed E-state index contributed by atoms with van der Waals surface area (Å²) in [5.74, 6) is 0.400. The summed E-state index contributed by atoms with van der Waals surface area (Å²) < 4.78 is 0. The summed E-state index contributed by atoms with van der Waals surface area (Å²) in [6, 6.07) is 7.78. The molecule has 0 radical (unpaired) electrons. The van der Waals surface area contributed by atoms with Gasteiger partial charge in [-0.3, -0.25) is 0 Å². The number of amidine groups is 1. The van der Waals surface area contributed by atoms with Crippen LogP contribution in [0.1, 0.15) is 31.4 Å². The fourth-order valence-corrected chi connectivity index (χ4v) is 0.875. The van der Waals surface area contributed by atoms with Crippen molar-refractivity contribution < 1.29 is 4.84 Å². The Hall–Kier alpha value is -1.51. The van der Waals surface area contributed by atoms with E-state index in [0.29, 0.717) is 5.84 Å². The molecule has 0 fully saturated rings. The lowest BCUT2D eigenvalue weighted by Crippen LogP contribution is -2.13. The summed E-state index contributed by atoms with van der Waals surface area (Å²) in [6.07, 6.45) is 1.25. The maximum absolute atomic E-state index is 5.58. The van der Waals surface area contributed by atoms with E-state index in [1.165, 1.54) is 19.1 Å². The second kappa shape index (κ2) is 7.85. The van der Waals surface area contributed by atoms with E-state index in [1.54, 1.807) is 0 Å². The molecule has 0 bridgehead atoms. The van der Waals surface area contributed by atoms with Crippen LogP contribution in [0.15, 0.2) is 29.4 Å². The van der Waals surface area contributed by atoms with Crippen molar-refractivity contribution in [1.29, 1.82) is 0 Å². The molecular formula is C12H20N2O. The van der Waals surface area contributed by atoms with Crippen LogP contribution in [0.2, 0.25) is 0 Å². The molecule has 0 aromatic heterocycles. The molecule has 0 unspecified atom stereocenters. The Morgan fingerprint density at radius 1 is 1.27 bits per heavy atom. The highest BCUT2D eigenvalue weighted by Gasteiger charge is 1.96. The van der Waals surface area contributed by atoms with E-state index in [1.807, 2.05) is 31.2 Å². The van der Waals surface area contributed by atoms with Gasteiger partial charge in [0.05, 0.1) is 0 Å². The van der Waals surface area contributed by atoms with Crippen molar-refractivity contribution in [2.24, 2.45) is 10.9 Å². The Morgan fingerprint density at radius 3 is 2.13 bits per heavy atom. The van der Waals surface area contributed by atoms with Crippen molar-refractivity contribution in [3.8, 4) is 0 Å². The van der Waals surface area contributed by atoms with Gasteiger partial charge in [0.1, 0.15) is 7.11 Å². The Balaban J connectivity index is 0.000000583. The number of hydrogen-bond donors (Lipinski definition) is 1. The summed E-state index contributed by atoms with van der Waals surface area (Å²) in [5.41, 5.74) is 7.66. The van der Waals surface area contributed by atoms with Gasteiger partial charge in [-0.15, -0.1) is 0 Å². The van der Waals surface area contributed by atoms with Gasteiger partial charge in [0.2, 0.25) is 0 Å². The molecule has 1 aromatic carbocycles. The second-order valence-corrected chi connectivity index (χ2v) is 3.23. The first kappa shape index (κ1) is 13.5. The molecule has 0 saturated carbocycles. The lowest BCUT2D eigenvalue weighted by Gasteiger charge is -1.99. The average Bonchev–Trinajstić information content (AvgIpc) is 2.20. The zero-order valence-electron chi connectivity index (χ0n) is 9.95. The largest absolute Gasteiger partial charge is 0.397 e. The number of rotatable bonds is 2. The number of oxime groups is 1. The third-order valence-electron chi connectivity index (χ3n) is 1.54. The highest BCUT2D eigenvalue weighted by atomic mass is 16.6. The Morgan fingerprint density at radius 2 is 1.73 bits per heavy atom. The monoisotopic (exact) mass is 208 g/mol. The SMILES string of the molecule is CCC.CO/N=C(\N)c1ccc(C)cc1. The van der Waals surface area contributed by atoms with Gasteiger partial charge < -0.3 is 10.6 Å². The first-order valence-electron chi connectivity index (χ1n) is 5.09. The molecule has 0 saturated heterocycles. The average molecular weight is 208 g/mol. The lowest BCUT2D eigenvalue weighted by molar-refractivity contribution is 0.213. The summed E-state index contributed by atoms with van der Waals surface area (Å²) in [4.78, 5) is 4.55. The molecule has 0 aliphatic heterocycles. The fraction of sp³-hybridized carbons (Fsp3) is 0.417. The van der Waals surface area contributed by atoms with Gasteiger partial charge in [-0.2, -0.15) is 0 Å². The van der Waals surface area contributed by atoms with Crippen LogP contribution in [0, 0.1) is 6.92 Å². The van der Waals surface area contributed by atoms with Crippen LogP contribution in [0.25, 0.3) is 0 Å². The van der Waals surface area contributed by atoms with E-state index in [-0.39, 0.29) is 0 Å². The van der Waals surface area contributed by atoms with Gasteiger partial charge in [-0.1, -0.05) is 55.3 Å². The van der Waals surface area contributed by atoms with E-state index in [0.717, 1.165) is 5.56 Å². The predicted octanol–water partition coefficient (Wildman–Crippen LogP) is 2.68. The van der Waals surface area contributed by atoms with Crippen LogP contribution in [0.3, 0.4) is 0 Å². The van der Waals surface area contributed by atoms with Crippen LogP contribution >= 0.6 is 0 Å². The van der Waals surface area contributed by atoms with Crippen molar-refractivity contribution in [3.05, 3.63) is 35.4 Å². The van der Waals surface area contributed by atoms with Crippen LogP contribution in [-0.2, 0) is 4.84 Å². The van der Waals surface area contributed by atoms with Crippen LogP contribution in [0.5, 0.6) is 0 Å². The molecule has 15 heavy (non-hydrogen) atoms. The van der Waals surface area contributed by atoms with E-state index in [2.05, 4.69) is 23.8 Å². The number of aryl methyl sites for hydroxylation is 1. The second-order valence-electron chi connectivity index (χ2n) is 3.23. The first-order chi connectivity index (χ1) is 7.15. The van der Waals surface area contributed by atoms with Crippen molar-refractivity contribution in [3.63, 3.8) is 0 Å². The van der Waals surface area contributed by atoms with Crippen molar-refractivity contribution >= 4 is 5.84 Å². The number of benzene rings is 1. The summed E-state index contributed by atoms with van der Waals surface area (Å²) >= 11 is 0. The maximum Gasteiger partial charge on any atom is 0.170 e. The van der Waals surface area contributed by atoms with Gasteiger partial charge >= 0.3 is 0 Å². The molecule has 2 N–H and O–H groups in total. The minimum absolute atomic E-state index is 0.400. The summed E-state index contributed by atoms with van der Waals surface area (Å²) in [7, 11) is 1.47. The molecule has 0 aliphatic rings. The van der Waals surface area contributed by atoms with Gasteiger partial charge in [0.25, 0.3) is 0 Å². The van der Waals surface area contributed by atoms with E-state index < -0.39 is 0 Å². The smallest absolute Gasteiger partial charge is 0.170 e. The Kier molecular flexibility index (Phi) is 7.06. The Bertz CT molecular complexity index is 291. The molecule has 1 aromatic rings. The third kappa shape index (κ3) is 5.73. The molecular weight excluding hydrogens is 188 g/mol.